The number of carbonyl (C=O) groups excluding carboxylic acids is 3. The SMILES string of the molecule is CC(=O)O[C@@H](C(=O)O)[C@@H](OC(C)=O)C(=O)OC1=CC[C@@]2(O)[C@@H]3CCC[C@@]24c2c(ccc(O)c2O[C@@H]14)C3. The van der Waals surface area contributed by atoms with Crippen LogP contribution in [0.1, 0.15) is 50.7 Å². The molecule has 1 fully saturated rings. The number of carboxylic acid groups (broad SMARTS) is 1. The second-order valence-electron chi connectivity index (χ2n) is 9.76. The smallest absolute Gasteiger partial charge is 0.357 e. The minimum absolute atomic E-state index is 0.00195. The van der Waals surface area contributed by atoms with E-state index in [-0.39, 0.29) is 29.6 Å². The van der Waals surface area contributed by atoms with Gasteiger partial charge in [-0.1, -0.05) is 12.5 Å². The van der Waals surface area contributed by atoms with Gasteiger partial charge in [-0.05, 0) is 49.3 Å². The predicted octanol–water partition coefficient (Wildman–Crippen LogP) is 1.26. The fourth-order valence-corrected chi connectivity index (χ4v) is 6.54. The van der Waals surface area contributed by atoms with Crippen molar-refractivity contribution in [2.45, 2.75) is 75.3 Å². The average Bonchev–Trinajstić information content (AvgIpc) is 3.14. The van der Waals surface area contributed by atoms with Crippen molar-refractivity contribution in [1.29, 1.82) is 0 Å². The lowest BCUT2D eigenvalue weighted by atomic mass is 9.47. The highest BCUT2D eigenvalue weighted by atomic mass is 16.6. The van der Waals surface area contributed by atoms with Crippen LogP contribution in [0.2, 0.25) is 0 Å². The van der Waals surface area contributed by atoms with Gasteiger partial charge in [0, 0.05) is 19.4 Å². The first-order chi connectivity index (χ1) is 17.0. The predicted molar refractivity (Wildman–Crippen MR) is 118 cm³/mol. The molecule has 0 aromatic heterocycles. The first-order valence-corrected chi connectivity index (χ1v) is 11.7. The maximum Gasteiger partial charge on any atom is 0.357 e. The van der Waals surface area contributed by atoms with E-state index < -0.39 is 53.2 Å². The van der Waals surface area contributed by atoms with Gasteiger partial charge >= 0.3 is 23.9 Å². The summed E-state index contributed by atoms with van der Waals surface area (Å²) in [7, 11) is 0. The molecule has 36 heavy (non-hydrogen) atoms. The summed E-state index contributed by atoms with van der Waals surface area (Å²) in [4.78, 5) is 47.9. The van der Waals surface area contributed by atoms with Crippen LogP contribution in [0.15, 0.2) is 24.0 Å². The summed E-state index contributed by atoms with van der Waals surface area (Å²) in [6.45, 7) is 1.92. The van der Waals surface area contributed by atoms with Crippen LogP contribution in [0.25, 0.3) is 0 Å². The maximum atomic E-state index is 13.2. The van der Waals surface area contributed by atoms with Crippen LogP contribution >= 0.6 is 0 Å². The molecule has 1 saturated carbocycles. The quantitative estimate of drug-likeness (QED) is 0.379. The van der Waals surface area contributed by atoms with Crippen molar-refractivity contribution in [3.63, 3.8) is 0 Å². The van der Waals surface area contributed by atoms with Gasteiger partial charge in [0.25, 0.3) is 0 Å². The fourth-order valence-electron chi connectivity index (χ4n) is 6.54. The molecule has 11 heteroatoms. The summed E-state index contributed by atoms with van der Waals surface area (Å²) in [6, 6.07) is 3.35. The van der Waals surface area contributed by atoms with E-state index in [1.54, 1.807) is 0 Å². The summed E-state index contributed by atoms with van der Waals surface area (Å²) in [6.07, 6.45) is -0.824. The number of benzene rings is 1. The van der Waals surface area contributed by atoms with Crippen molar-refractivity contribution in [1.82, 2.24) is 0 Å². The minimum atomic E-state index is -2.13. The van der Waals surface area contributed by atoms with E-state index in [1.165, 1.54) is 12.1 Å². The molecule has 192 valence electrons. The molecule has 3 aliphatic carbocycles. The van der Waals surface area contributed by atoms with Gasteiger partial charge in [-0.15, -0.1) is 0 Å². The summed E-state index contributed by atoms with van der Waals surface area (Å²) < 4.78 is 21.3. The number of aromatic hydroxyl groups is 1. The molecular formula is C25H26O11. The lowest BCUT2D eigenvalue weighted by Crippen LogP contribution is -2.67. The average molecular weight is 502 g/mol. The number of esters is 3. The van der Waals surface area contributed by atoms with Crippen LogP contribution in [0.4, 0.5) is 0 Å². The van der Waals surface area contributed by atoms with E-state index in [0.717, 1.165) is 32.3 Å². The minimum Gasteiger partial charge on any atom is -0.504 e. The molecule has 11 nitrogen and oxygen atoms in total. The number of aliphatic hydroxyl groups is 1. The van der Waals surface area contributed by atoms with Crippen LogP contribution < -0.4 is 4.74 Å². The van der Waals surface area contributed by atoms with E-state index in [9.17, 15) is 34.5 Å². The molecule has 0 amide bonds. The Morgan fingerprint density at radius 2 is 1.81 bits per heavy atom. The Morgan fingerprint density at radius 3 is 2.47 bits per heavy atom. The van der Waals surface area contributed by atoms with E-state index >= 15 is 0 Å². The second-order valence-corrected chi connectivity index (χ2v) is 9.76. The molecule has 4 aliphatic rings. The molecule has 0 unspecified atom stereocenters. The third kappa shape index (κ3) is 3.29. The Morgan fingerprint density at radius 1 is 1.11 bits per heavy atom. The first-order valence-electron chi connectivity index (χ1n) is 11.7. The number of carboxylic acids is 1. The first kappa shape index (κ1) is 24.1. The molecular weight excluding hydrogens is 476 g/mol. The van der Waals surface area contributed by atoms with Crippen LogP contribution in [-0.2, 0) is 45.2 Å². The number of hydrogen-bond acceptors (Lipinski definition) is 10. The third-order valence-corrected chi connectivity index (χ3v) is 7.82. The Labute approximate surface area is 205 Å². The Kier molecular flexibility index (Phi) is 5.51. The zero-order valence-corrected chi connectivity index (χ0v) is 19.7. The monoisotopic (exact) mass is 502 g/mol. The van der Waals surface area contributed by atoms with Gasteiger partial charge in [-0.2, -0.15) is 0 Å². The van der Waals surface area contributed by atoms with Crippen LogP contribution in [-0.4, -0.2) is 63.1 Å². The molecule has 1 spiro atoms. The van der Waals surface area contributed by atoms with E-state index in [4.69, 9.17) is 18.9 Å². The zero-order valence-electron chi connectivity index (χ0n) is 19.7. The van der Waals surface area contributed by atoms with Crippen LogP contribution in [0, 0.1) is 5.92 Å². The summed E-state index contributed by atoms with van der Waals surface area (Å²) in [5.74, 6) is -4.92. The Balaban J connectivity index is 1.53. The van der Waals surface area contributed by atoms with Crippen molar-refractivity contribution < 1.29 is 53.4 Å². The van der Waals surface area contributed by atoms with Crippen molar-refractivity contribution in [2.24, 2.45) is 5.92 Å². The van der Waals surface area contributed by atoms with Gasteiger partial charge in [0.05, 0.1) is 11.0 Å². The van der Waals surface area contributed by atoms with E-state index in [1.807, 2.05) is 6.07 Å². The molecule has 3 N–H and O–H groups in total. The Bertz CT molecular complexity index is 1200. The maximum absolute atomic E-state index is 13.2. The lowest BCUT2D eigenvalue weighted by molar-refractivity contribution is -0.189. The van der Waals surface area contributed by atoms with Crippen molar-refractivity contribution in [3.8, 4) is 11.5 Å². The number of phenols is 1. The van der Waals surface area contributed by atoms with Gasteiger partial charge in [0.1, 0.15) is 5.76 Å². The summed E-state index contributed by atoms with van der Waals surface area (Å²) in [5, 5.41) is 32.1. The number of carbonyl (C=O) groups is 4. The molecule has 1 aromatic rings. The fraction of sp³-hybridized carbons (Fsp3) is 0.520. The zero-order chi connectivity index (χ0) is 26.0. The van der Waals surface area contributed by atoms with Crippen LogP contribution in [0.5, 0.6) is 11.5 Å². The van der Waals surface area contributed by atoms with Gasteiger partial charge in [0.15, 0.2) is 17.6 Å². The molecule has 1 aliphatic heterocycles. The molecule has 0 saturated heterocycles. The topological polar surface area (TPSA) is 166 Å². The van der Waals surface area contributed by atoms with Crippen LogP contribution in [0.3, 0.4) is 0 Å². The number of hydrogen-bond donors (Lipinski definition) is 3. The third-order valence-electron chi connectivity index (χ3n) is 7.82. The lowest BCUT2D eigenvalue weighted by Gasteiger charge is -2.59. The van der Waals surface area contributed by atoms with E-state index in [2.05, 4.69) is 0 Å². The van der Waals surface area contributed by atoms with Crippen molar-refractivity contribution in [2.75, 3.05) is 0 Å². The summed E-state index contributed by atoms with van der Waals surface area (Å²) >= 11 is 0. The highest BCUT2D eigenvalue weighted by Gasteiger charge is 2.71. The highest BCUT2D eigenvalue weighted by molar-refractivity contribution is 5.88. The van der Waals surface area contributed by atoms with Gasteiger partial charge in [0.2, 0.25) is 12.2 Å². The second kappa shape index (κ2) is 8.22. The summed E-state index contributed by atoms with van der Waals surface area (Å²) in [5.41, 5.74) is -0.534. The molecule has 5 rings (SSSR count). The standard InChI is InChI=1S/C25H26O11/c1-11(26)33-19(22(29)30)20(34-12(2)27)23(31)35-16-7-9-25(32)14-4-3-8-24(25)17-13(10-14)5-6-15(28)18(17)36-21(16)24/h5-7,14,19-21,28,32H,3-4,8-10H2,1-2H3,(H,29,30)/t14-,19-,20-,21+,24+,25-/m1/s1. The highest BCUT2D eigenvalue weighted by Crippen LogP contribution is 2.67. The van der Waals surface area contributed by atoms with Gasteiger partial charge < -0.3 is 34.3 Å². The molecule has 1 aromatic carbocycles. The normalized spacial score (nSPS) is 30.6. The molecule has 1 heterocycles. The molecule has 0 radical (unpaired) electrons. The largest absolute Gasteiger partial charge is 0.504 e. The van der Waals surface area contributed by atoms with Crippen molar-refractivity contribution in [3.05, 3.63) is 35.1 Å². The Hall–Kier alpha value is -3.60. The number of ether oxygens (including phenoxy) is 4. The number of rotatable bonds is 6. The number of aliphatic carboxylic acids is 1. The molecule has 6 atom stereocenters. The number of phenolic OH excluding ortho intramolecular Hbond substituents is 1. The van der Waals surface area contributed by atoms with Crippen molar-refractivity contribution >= 4 is 23.9 Å². The van der Waals surface area contributed by atoms with E-state index in [0.29, 0.717) is 18.4 Å². The van der Waals surface area contributed by atoms with Gasteiger partial charge in [-0.3, -0.25) is 9.59 Å². The van der Waals surface area contributed by atoms with Gasteiger partial charge in [-0.25, -0.2) is 9.59 Å². The molecule has 2 bridgehead atoms.